The minimum atomic E-state index is -0.351. The monoisotopic (exact) mass is 284 g/mol. The second-order valence-corrected chi connectivity index (χ2v) is 5.62. The topological polar surface area (TPSA) is 49.9 Å². The summed E-state index contributed by atoms with van der Waals surface area (Å²) in [5.41, 5.74) is 0. The molecule has 1 saturated heterocycles. The van der Waals surface area contributed by atoms with Crippen LogP contribution in [0, 0.1) is 5.92 Å². The largest absolute Gasteiger partial charge is 0.468 e. The molecule has 0 unspecified atom stereocenters. The van der Waals surface area contributed by atoms with Crippen molar-refractivity contribution in [1.29, 1.82) is 0 Å². The summed E-state index contributed by atoms with van der Waals surface area (Å²) in [6.07, 6.45) is 5.06. The molecule has 0 spiro atoms. The molecule has 5 heteroatoms. The van der Waals surface area contributed by atoms with Crippen LogP contribution in [0.5, 0.6) is 0 Å². The normalized spacial score (nSPS) is 16.9. The number of likely N-dealkylation sites (N-methyl/N-ethyl adjacent to an activating group) is 1. The molecule has 0 aromatic heterocycles. The fourth-order valence-corrected chi connectivity index (χ4v) is 2.65. The van der Waals surface area contributed by atoms with Crippen molar-refractivity contribution in [3.63, 3.8) is 0 Å². The molecule has 0 atom stereocenters. The van der Waals surface area contributed by atoms with Crippen molar-refractivity contribution in [2.45, 2.75) is 39.0 Å². The lowest BCUT2D eigenvalue weighted by Crippen LogP contribution is -2.36. The van der Waals surface area contributed by atoms with Gasteiger partial charge in [0.15, 0.2) is 0 Å². The lowest BCUT2D eigenvalue weighted by atomic mass is 9.92. The number of carbonyl (C=O) groups is 2. The van der Waals surface area contributed by atoms with Gasteiger partial charge < -0.3 is 14.5 Å². The summed E-state index contributed by atoms with van der Waals surface area (Å²) in [7, 11) is 3.51. The Kier molecular flexibility index (Phi) is 7.59. The molecule has 1 heterocycles. The van der Waals surface area contributed by atoms with Gasteiger partial charge in [-0.1, -0.05) is 0 Å². The minimum Gasteiger partial charge on any atom is -0.468 e. The average Bonchev–Trinajstić information content (AvgIpc) is 2.46. The first-order chi connectivity index (χ1) is 9.56. The number of carbonyl (C=O) groups excluding carboxylic acids is 2. The second kappa shape index (κ2) is 8.95. The number of likely N-dealkylation sites (tertiary alicyclic amines) is 1. The number of methoxy groups -OCH3 is 1. The molecule has 116 valence electrons. The predicted molar refractivity (Wildman–Crippen MR) is 78.3 cm³/mol. The first kappa shape index (κ1) is 17.0. The van der Waals surface area contributed by atoms with Crippen molar-refractivity contribution >= 4 is 11.9 Å². The van der Waals surface area contributed by atoms with E-state index < -0.39 is 0 Å². The molecule has 0 aromatic rings. The third-order valence-electron chi connectivity index (χ3n) is 4.12. The highest BCUT2D eigenvalue weighted by Crippen LogP contribution is 2.21. The zero-order chi connectivity index (χ0) is 15.0. The molecule has 1 fully saturated rings. The highest BCUT2D eigenvalue weighted by atomic mass is 16.5. The smallest absolute Gasteiger partial charge is 0.325 e. The SMILES string of the molecule is CCN(CC(=O)OC)C(=O)CCCC1CCN(C)CC1. The van der Waals surface area contributed by atoms with Gasteiger partial charge in [-0.3, -0.25) is 9.59 Å². The number of rotatable bonds is 7. The molecular weight excluding hydrogens is 256 g/mol. The van der Waals surface area contributed by atoms with E-state index in [1.807, 2.05) is 6.92 Å². The molecule has 1 aliphatic rings. The van der Waals surface area contributed by atoms with Crippen molar-refractivity contribution in [2.24, 2.45) is 5.92 Å². The van der Waals surface area contributed by atoms with Crippen LogP contribution in [0.1, 0.15) is 39.0 Å². The number of piperidine rings is 1. The summed E-state index contributed by atoms with van der Waals surface area (Å²) in [5.74, 6) is 0.469. The average molecular weight is 284 g/mol. The van der Waals surface area contributed by atoms with Gasteiger partial charge in [-0.2, -0.15) is 0 Å². The van der Waals surface area contributed by atoms with E-state index in [2.05, 4.69) is 16.7 Å². The van der Waals surface area contributed by atoms with Gasteiger partial charge in [-0.25, -0.2) is 0 Å². The standard InChI is InChI=1S/C15H28N2O3/c1-4-17(12-15(19)20-3)14(18)7-5-6-13-8-10-16(2)11-9-13/h13H,4-12H2,1-3H3. The van der Waals surface area contributed by atoms with Crippen molar-refractivity contribution < 1.29 is 14.3 Å². The first-order valence-corrected chi connectivity index (χ1v) is 7.60. The lowest BCUT2D eigenvalue weighted by Gasteiger charge is -2.29. The molecule has 1 amide bonds. The lowest BCUT2D eigenvalue weighted by molar-refractivity contribution is -0.146. The van der Waals surface area contributed by atoms with E-state index in [1.165, 1.54) is 33.0 Å². The molecule has 0 N–H and O–H groups in total. The summed E-state index contributed by atoms with van der Waals surface area (Å²) < 4.78 is 4.60. The fourth-order valence-electron chi connectivity index (χ4n) is 2.65. The van der Waals surface area contributed by atoms with Crippen LogP contribution in [0.4, 0.5) is 0 Å². The summed E-state index contributed by atoms with van der Waals surface area (Å²) in [4.78, 5) is 27.2. The molecule has 0 bridgehead atoms. The van der Waals surface area contributed by atoms with Crippen LogP contribution in [-0.4, -0.2) is 62.0 Å². The van der Waals surface area contributed by atoms with Gasteiger partial charge in [0.25, 0.3) is 0 Å². The summed E-state index contributed by atoms with van der Waals surface area (Å²) in [6.45, 7) is 4.85. The Morgan fingerprint density at radius 3 is 2.50 bits per heavy atom. The predicted octanol–water partition coefficient (Wildman–Crippen LogP) is 1.52. The van der Waals surface area contributed by atoms with E-state index in [9.17, 15) is 9.59 Å². The Morgan fingerprint density at radius 2 is 1.95 bits per heavy atom. The zero-order valence-corrected chi connectivity index (χ0v) is 13.1. The summed E-state index contributed by atoms with van der Waals surface area (Å²) in [6, 6.07) is 0. The Hall–Kier alpha value is -1.10. The maximum absolute atomic E-state index is 12.0. The van der Waals surface area contributed by atoms with Gasteiger partial charge in [0.2, 0.25) is 5.91 Å². The number of amides is 1. The highest BCUT2D eigenvalue weighted by molar-refractivity contribution is 5.81. The van der Waals surface area contributed by atoms with Crippen molar-refractivity contribution in [1.82, 2.24) is 9.80 Å². The maximum Gasteiger partial charge on any atom is 0.325 e. The van der Waals surface area contributed by atoms with Crippen LogP contribution < -0.4 is 0 Å². The molecule has 20 heavy (non-hydrogen) atoms. The van der Waals surface area contributed by atoms with Crippen molar-refractivity contribution in [2.75, 3.05) is 40.3 Å². The molecule has 1 rings (SSSR count). The molecular formula is C15H28N2O3. The van der Waals surface area contributed by atoms with E-state index >= 15 is 0 Å². The maximum atomic E-state index is 12.0. The Bertz CT molecular complexity index is 312. The first-order valence-electron chi connectivity index (χ1n) is 7.60. The van der Waals surface area contributed by atoms with E-state index in [0.717, 1.165) is 18.8 Å². The molecule has 1 aliphatic heterocycles. The van der Waals surface area contributed by atoms with Crippen molar-refractivity contribution in [3.8, 4) is 0 Å². The van der Waals surface area contributed by atoms with Crippen LogP contribution in [0.25, 0.3) is 0 Å². The van der Waals surface area contributed by atoms with Crippen LogP contribution >= 0.6 is 0 Å². The Morgan fingerprint density at radius 1 is 1.30 bits per heavy atom. The number of hydrogen-bond donors (Lipinski definition) is 0. The van der Waals surface area contributed by atoms with Crippen LogP contribution in [0.3, 0.4) is 0 Å². The molecule has 0 aliphatic carbocycles. The Balaban J connectivity index is 2.22. The molecule has 5 nitrogen and oxygen atoms in total. The Labute approximate surface area is 122 Å². The van der Waals surface area contributed by atoms with Gasteiger partial charge in [-0.05, 0) is 58.7 Å². The quantitative estimate of drug-likeness (QED) is 0.665. The van der Waals surface area contributed by atoms with E-state index in [1.54, 1.807) is 4.90 Å². The van der Waals surface area contributed by atoms with E-state index in [-0.39, 0.29) is 18.4 Å². The summed E-state index contributed by atoms with van der Waals surface area (Å²) >= 11 is 0. The third-order valence-corrected chi connectivity index (χ3v) is 4.12. The number of hydrogen-bond acceptors (Lipinski definition) is 4. The number of nitrogens with zero attached hydrogens (tertiary/aromatic N) is 2. The highest BCUT2D eigenvalue weighted by Gasteiger charge is 2.18. The van der Waals surface area contributed by atoms with Gasteiger partial charge in [0.1, 0.15) is 6.54 Å². The van der Waals surface area contributed by atoms with Crippen molar-refractivity contribution in [3.05, 3.63) is 0 Å². The minimum absolute atomic E-state index is 0.0610. The molecule has 0 saturated carbocycles. The number of ether oxygens (including phenoxy) is 1. The molecule has 0 radical (unpaired) electrons. The van der Waals surface area contributed by atoms with Gasteiger partial charge in [0, 0.05) is 13.0 Å². The van der Waals surface area contributed by atoms with Gasteiger partial charge in [-0.15, -0.1) is 0 Å². The van der Waals surface area contributed by atoms with Crippen LogP contribution in [0.2, 0.25) is 0 Å². The van der Waals surface area contributed by atoms with Crippen LogP contribution in [-0.2, 0) is 14.3 Å². The number of esters is 1. The fraction of sp³-hybridized carbons (Fsp3) is 0.867. The van der Waals surface area contributed by atoms with E-state index in [0.29, 0.717) is 13.0 Å². The van der Waals surface area contributed by atoms with Crippen LogP contribution in [0.15, 0.2) is 0 Å². The second-order valence-electron chi connectivity index (χ2n) is 5.62. The van der Waals surface area contributed by atoms with Gasteiger partial charge >= 0.3 is 5.97 Å². The molecule has 0 aromatic carbocycles. The van der Waals surface area contributed by atoms with E-state index in [4.69, 9.17) is 0 Å². The zero-order valence-electron chi connectivity index (χ0n) is 13.1. The third kappa shape index (κ3) is 5.90. The van der Waals surface area contributed by atoms with Gasteiger partial charge in [0.05, 0.1) is 7.11 Å². The summed E-state index contributed by atoms with van der Waals surface area (Å²) in [5, 5.41) is 0.